The Morgan fingerprint density at radius 3 is 2.87 bits per heavy atom. The highest BCUT2D eigenvalue weighted by molar-refractivity contribution is 5.81. The van der Waals surface area contributed by atoms with E-state index < -0.39 is 0 Å². The van der Waals surface area contributed by atoms with Crippen molar-refractivity contribution in [2.45, 2.75) is 50.4 Å². The van der Waals surface area contributed by atoms with Crippen molar-refractivity contribution >= 4 is 5.91 Å². The van der Waals surface area contributed by atoms with Gasteiger partial charge in [-0.25, -0.2) is 0 Å². The monoisotopic (exact) mass is 316 g/mol. The molecule has 0 radical (unpaired) electrons. The zero-order valence-electron chi connectivity index (χ0n) is 13.4. The maximum Gasteiger partial charge on any atom is 0.225 e. The third-order valence-electron chi connectivity index (χ3n) is 5.28. The molecule has 5 nitrogen and oxygen atoms in total. The largest absolute Gasteiger partial charge is 0.372 e. The fourth-order valence-electron chi connectivity index (χ4n) is 3.67. The molecule has 23 heavy (non-hydrogen) atoms. The van der Waals surface area contributed by atoms with E-state index in [9.17, 15) is 4.79 Å². The van der Waals surface area contributed by atoms with Gasteiger partial charge in [-0.3, -0.25) is 9.78 Å². The molecular formula is C18H24N2O3. The molecule has 1 saturated carbocycles. The number of amides is 1. The van der Waals surface area contributed by atoms with Gasteiger partial charge in [0.2, 0.25) is 5.91 Å². The number of hydrogen-bond acceptors (Lipinski definition) is 4. The molecule has 1 spiro atoms. The van der Waals surface area contributed by atoms with Gasteiger partial charge in [0.05, 0.1) is 30.6 Å². The van der Waals surface area contributed by atoms with Crippen LogP contribution in [0.1, 0.15) is 37.8 Å². The Labute approximate surface area is 137 Å². The molecule has 0 unspecified atom stereocenters. The second-order valence-corrected chi connectivity index (χ2v) is 7.05. The Kier molecular flexibility index (Phi) is 4.07. The fourth-order valence-corrected chi connectivity index (χ4v) is 3.67. The Bertz CT molecular complexity index is 551. The van der Waals surface area contributed by atoms with Crippen LogP contribution in [0.3, 0.4) is 0 Å². The lowest BCUT2D eigenvalue weighted by Gasteiger charge is -2.38. The van der Waals surface area contributed by atoms with Gasteiger partial charge in [0.1, 0.15) is 0 Å². The van der Waals surface area contributed by atoms with Crippen LogP contribution in [-0.2, 0) is 20.9 Å². The first-order valence-electron chi connectivity index (χ1n) is 8.68. The molecule has 1 aromatic rings. The van der Waals surface area contributed by atoms with Crippen molar-refractivity contribution in [1.29, 1.82) is 0 Å². The topological polar surface area (TPSA) is 51.7 Å². The minimum atomic E-state index is -0.0743. The van der Waals surface area contributed by atoms with Gasteiger partial charge < -0.3 is 14.4 Å². The number of hydrogen-bond donors (Lipinski definition) is 0. The summed E-state index contributed by atoms with van der Waals surface area (Å²) in [5.74, 6) is 0.684. The molecule has 5 heteroatoms. The van der Waals surface area contributed by atoms with Crippen LogP contribution in [0.2, 0.25) is 0 Å². The number of piperidine rings is 1. The van der Waals surface area contributed by atoms with E-state index in [0.29, 0.717) is 25.0 Å². The Balaban J connectivity index is 1.26. The highest BCUT2D eigenvalue weighted by Crippen LogP contribution is 2.39. The normalized spacial score (nSPS) is 26.6. The van der Waals surface area contributed by atoms with Crippen molar-refractivity contribution in [3.05, 3.63) is 30.1 Å². The van der Waals surface area contributed by atoms with E-state index in [2.05, 4.69) is 4.98 Å². The summed E-state index contributed by atoms with van der Waals surface area (Å²) >= 11 is 0. The van der Waals surface area contributed by atoms with Crippen molar-refractivity contribution in [3.63, 3.8) is 0 Å². The SMILES string of the molecule is O=C(C1CC1)N1CCC2(CC1)C[C@@H](OCc1ccccn1)CO2. The van der Waals surface area contributed by atoms with E-state index in [1.807, 2.05) is 23.1 Å². The van der Waals surface area contributed by atoms with Crippen LogP contribution in [0, 0.1) is 5.92 Å². The number of pyridine rings is 1. The third-order valence-corrected chi connectivity index (χ3v) is 5.28. The molecule has 1 aromatic heterocycles. The lowest BCUT2D eigenvalue weighted by Crippen LogP contribution is -2.47. The average molecular weight is 316 g/mol. The van der Waals surface area contributed by atoms with Crippen LogP contribution < -0.4 is 0 Å². The Morgan fingerprint density at radius 1 is 1.35 bits per heavy atom. The first-order valence-corrected chi connectivity index (χ1v) is 8.68. The molecule has 1 amide bonds. The maximum absolute atomic E-state index is 12.1. The predicted octanol–water partition coefficient (Wildman–Crippen LogP) is 2.16. The molecule has 1 aliphatic carbocycles. The summed E-state index contributed by atoms with van der Waals surface area (Å²) in [6.07, 6.45) is 6.91. The summed E-state index contributed by atoms with van der Waals surface area (Å²) in [5, 5.41) is 0. The number of ether oxygens (including phenoxy) is 2. The van der Waals surface area contributed by atoms with E-state index in [4.69, 9.17) is 9.47 Å². The summed E-state index contributed by atoms with van der Waals surface area (Å²) in [5.41, 5.74) is 0.882. The highest BCUT2D eigenvalue weighted by atomic mass is 16.6. The molecule has 4 rings (SSSR count). The van der Waals surface area contributed by atoms with E-state index in [1.165, 1.54) is 0 Å². The van der Waals surface area contributed by atoms with Crippen LogP contribution in [0.4, 0.5) is 0 Å². The second kappa shape index (κ2) is 6.21. The van der Waals surface area contributed by atoms with E-state index >= 15 is 0 Å². The van der Waals surface area contributed by atoms with Crippen molar-refractivity contribution in [2.24, 2.45) is 5.92 Å². The lowest BCUT2D eigenvalue weighted by atomic mass is 9.88. The van der Waals surface area contributed by atoms with Crippen LogP contribution in [0.25, 0.3) is 0 Å². The number of carbonyl (C=O) groups excluding carboxylic acids is 1. The van der Waals surface area contributed by atoms with Gasteiger partial charge in [0.25, 0.3) is 0 Å². The minimum Gasteiger partial charge on any atom is -0.372 e. The summed E-state index contributed by atoms with van der Waals surface area (Å²) in [4.78, 5) is 18.5. The molecule has 2 saturated heterocycles. The van der Waals surface area contributed by atoms with Gasteiger partial charge in [-0.15, -0.1) is 0 Å². The molecule has 124 valence electrons. The second-order valence-electron chi connectivity index (χ2n) is 7.05. The number of nitrogens with zero attached hydrogens (tertiary/aromatic N) is 2. The minimum absolute atomic E-state index is 0.0743. The molecule has 1 atom stereocenters. The molecule has 3 heterocycles. The van der Waals surface area contributed by atoms with Crippen LogP contribution in [0.5, 0.6) is 0 Å². The van der Waals surface area contributed by atoms with Crippen LogP contribution in [0.15, 0.2) is 24.4 Å². The van der Waals surface area contributed by atoms with Crippen molar-refractivity contribution in [1.82, 2.24) is 9.88 Å². The fraction of sp³-hybridized carbons (Fsp3) is 0.667. The first kappa shape index (κ1) is 15.1. The van der Waals surface area contributed by atoms with Gasteiger partial charge in [-0.1, -0.05) is 6.07 Å². The van der Waals surface area contributed by atoms with Crippen molar-refractivity contribution in [2.75, 3.05) is 19.7 Å². The van der Waals surface area contributed by atoms with Crippen LogP contribution in [-0.4, -0.2) is 47.2 Å². The molecule has 0 aromatic carbocycles. The van der Waals surface area contributed by atoms with Gasteiger partial charge >= 0.3 is 0 Å². The average Bonchev–Trinajstić information content (AvgIpc) is 3.37. The Hall–Kier alpha value is -1.46. The quantitative estimate of drug-likeness (QED) is 0.854. The van der Waals surface area contributed by atoms with E-state index in [1.54, 1.807) is 6.20 Å². The van der Waals surface area contributed by atoms with Gasteiger partial charge in [-0.2, -0.15) is 0 Å². The molecular weight excluding hydrogens is 292 g/mol. The number of rotatable bonds is 4. The molecule has 3 aliphatic rings. The summed E-state index contributed by atoms with van der Waals surface area (Å²) < 4.78 is 12.1. The molecule has 2 aliphatic heterocycles. The summed E-state index contributed by atoms with van der Waals surface area (Å²) in [7, 11) is 0. The van der Waals surface area contributed by atoms with E-state index in [0.717, 1.165) is 50.9 Å². The zero-order valence-corrected chi connectivity index (χ0v) is 13.4. The first-order chi connectivity index (χ1) is 11.2. The third kappa shape index (κ3) is 3.40. The van der Waals surface area contributed by atoms with Crippen LogP contribution >= 0.6 is 0 Å². The highest BCUT2D eigenvalue weighted by Gasteiger charge is 2.45. The van der Waals surface area contributed by atoms with Crippen molar-refractivity contribution in [3.8, 4) is 0 Å². The maximum atomic E-state index is 12.1. The molecule has 0 bridgehead atoms. The van der Waals surface area contributed by atoms with Crippen molar-refractivity contribution < 1.29 is 14.3 Å². The smallest absolute Gasteiger partial charge is 0.225 e. The lowest BCUT2D eigenvalue weighted by molar-refractivity contribution is -0.137. The number of likely N-dealkylation sites (tertiary alicyclic amines) is 1. The van der Waals surface area contributed by atoms with E-state index in [-0.39, 0.29) is 11.7 Å². The summed E-state index contributed by atoms with van der Waals surface area (Å²) in [6.45, 7) is 2.87. The van der Waals surface area contributed by atoms with Gasteiger partial charge in [0.15, 0.2) is 0 Å². The summed E-state index contributed by atoms with van der Waals surface area (Å²) in [6, 6.07) is 5.87. The number of carbonyl (C=O) groups is 1. The predicted molar refractivity (Wildman–Crippen MR) is 84.7 cm³/mol. The van der Waals surface area contributed by atoms with Gasteiger partial charge in [0, 0.05) is 31.6 Å². The molecule has 3 fully saturated rings. The molecule has 0 N–H and O–H groups in total. The standard InChI is InChI=1S/C18H24N2O3/c21-17(14-4-5-14)20-9-6-18(7-10-20)11-16(13-23-18)22-12-15-3-1-2-8-19-15/h1-3,8,14,16H,4-7,9-13H2/t16-/m1/s1. The van der Waals surface area contributed by atoms with Gasteiger partial charge in [-0.05, 0) is 37.8 Å². The number of aromatic nitrogens is 1. The Morgan fingerprint density at radius 2 is 2.17 bits per heavy atom. The zero-order chi connectivity index (χ0) is 15.7.